The minimum absolute atomic E-state index is 0.0656. The summed E-state index contributed by atoms with van der Waals surface area (Å²) in [6, 6.07) is 16.3. The van der Waals surface area contributed by atoms with Crippen molar-refractivity contribution < 1.29 is 9.90 Å². The van der Waals surface area contributed by atoms with E-state index in [-0.39, 0.29) is 18.1 Å². The number of thiophene rings is 1. The fraction of sp³-hybridized carbons (Fsp3) is 0.348. The molecular weight excluding hydrogens is 382 g/mol. The molecule has 5 nitrogen and oxygen atoms in total. The number of carbonyl (C=O) groups is 1. The number of rotatable bonds is 5. The largest absolute Gasteiger partial charge is 0.508 e. The summed E-state index contributed by atoms with van der Waals surface area (Å²) in [5, 5.41) is 17.0. The van der Waals surface area contributed by atoms with E-state index in [0.717, 1.165) is 24.9 Å². The van der Waals surface area contributed by atoms with Gasteiger partial charge in [-0.3, -0.25) is 4.90 Å². The molecule has 3 aromatic rings. The van der Waals surface area contributed by atoms with Gasteiger partial charge in [0.2, 0.25) is 0 Å². The van der Waals surface area contributed by atoms with Crippen molar-refractivity contribution in [3.63, 3.8) is 0 Å². The Morgan fingerprint density at radius 2 is 2.07 bits per heavy atom. The molecule has 1 aromatic heterocycles. The third-order valence-corrected chi connectivity index (χ3v) is 6.69. The average Bonchev–Trinajstić information content (AvgIpc) is 3.08. The lowest BCUT2D eigenvalue weighted by Crippen LogP contribution is -2.49. The Kier molecular flexibility index (Phi) is 5.74. The van der Waals surface area contributed by atoms with Gasteiger partial charge in [-0.05, 0) is 61.2 Å². The summed E-state index contributed by atoms with van der Waals surface area (Å²) in [6.45, 7) is 3.41. The summed E-state index contributed by atoms with van der Waals surface area (Å²) in [5.74, 6) is 0.306. The number of hydrogen-bond donors (Lipinski definition) is 3. The number of phenolic OH excluding ortho intramolecular Hbond substituents is 1. The van der Waals surface area contributed by atoms with Crippen molar-refractivity contribution in [2.75, 3.05) is 13.6 Å². The fourth-order valence-corrected chi connectivity index (χ4v) is 5.16. The van der Waals surface area contributed by atoms with Gasteiger partial charge in [0.05, 0.1) is 0 Å². The van der Waals surface area contributed by atoms with Crippen LogP contribution in [0.15, 0.2) is 48.5 Å². The minimum Gasteiger partial charge on any atom is -0.508 e. The van der Waals surface area contributed by atoms with Crippen LogP contribution in [0.25, 0.3) is 10.1 Å². The highest BCUT2D eigenvalue weighted by Gasteiger charge is 2.24. The maximum absolute atomic E-state index is 12.4. The first kappa shape index (κ1) is 19.7. The van der Waals surface area contributed by atoms with Crippen LogP contribution in [0.1, 0.15) is 22.9 Å². The third-order valence-electron chi connectivity index (χ3n) is 5.55. The van der Waals surface area contributed by atoms with E-state index in [1.165, 1.54) is 20.5 Å². The van der Waals surface area contributed by atoms with Gasteiger partial charge < -0.3 is 15.7 Å². The molecule has 4 rings (SSSR count). The number of nitrogens with zero attached hydrogens (tertiary/aromatic N) is 1. The van der Waals surface area contributed by atoms with Crippen molar-refractivity contribution in [2.24, 2.45) is 0 Å². The molecule has 152 valence electrons. The molecule has 0 saturated carbocycles. The van der Waals surface area contributed by atoms with Crippen LogP contribution in [0.5, 0.6) is 5.75 Å². The highest BCUT2D eigenvalue weighted by atomic mass is 32.1. The second-order valence-electron chi connectivity index (χ2n) is 7.94. The van der Waals surface area contributed by atoms with E-state index in [2.05, 4.69) is 52.9 Å². The van der Waals surface area contributed by atoms with E-state index in [4.69, 9.17) is 0 Å². The molecule has 6 heteroatoms. The average molecular weight is 410 g/mol. The maximum atomic E-state index is 12.4. The Labute approximate surface area is 175 Å². The summed E-state index contributed by atoms with van der Waals surface area (Å²) >= 11 is 1.79. The molecule has 1 aliphatic heterocycles. The molecule has 0 fully saturated rings. The number of fused-ring (bicyclic) bond motifs is 2. The van der Waals surface area contributed by atoms with Crippen LogP contribution in [0.4, 0.5) is 4.79 Å². The van der Waals surface area contributed by atoms with E-state index >= 15 is 0 Å². The Morgan fingerprint density at radius 3 is 2.90 bits per heavy atom. The standard InChI is InChI=1S/C23H27N3O2S/c1-15(9-21-12-17-5-3-4-6-22(17)29-21)25-23(28)24-13-19-10-16-7-8-20(27)11-18(16)14-26(19)2/h3-8,11-12,15,19,27H,9-10,13-14H2,1-2H3,(H2,24,25,28)/t15-,19-/m0/s1. The summed E-state index contributed by atoms with van der Waals surface area (Å²) < 4.78 is 1.29. The fourth-order valence-electron chi connectivity index (χ4n) is 3.97. The van der Waals surface area contributed by atoms with E-state index < -0.39 is 0 Å². The number of carbonyl (C=O) groups excluding carboxylic acids is 1. The molecule has 0 bridgehead atoms. The van der Waals surface area contributed by atoms with Gasteiger partial charge in [-0.1, -0.05) is 24.3 Å². The number of urea groups is 1. The van der Waals surface area contributed by atoms with Crippen LogP contribution in [-0.2, 0) is 19.4 Å². The van der Waals surface area contributed by atoms with Gasteiger partial charge in [0.25, 0.3) is 0 Å². The predicted octanol–water partition coefficient (Wildman–Crippen LogP) is 3.89. The van der Waals surface area contributed by atoms with Gasteiger partial charge in [0, 0.05) is 41.2 Å². The molecule has 2 heterocycles. The van der Waals surface area contributed by atoms with Gasteiger partial charge >= 0.3 is 6.03 Å². The van der Waals surface area contributed by atoms with Crippen LogP contribution in [0, 0.1) is 0 Å². The van der Waals surface area contributed by atoms with Crippen LogP contribution < -0.4 is 10.6 Å². The summed E-state index contributed by atoms with van der Waals surface area (Å²) in [7, 11) is 2.06. The molecular formula is C23H27N3O2S. The second kappa shape index (κ2) is 8.43. The van der Waals surface area contributed by atoms with Crippen molar-refractivity contribution in [2.45, 2.75) is 38.4 Å². The zero-order valence-corrected chi connectivity index (χ0v) is 17.6. The lowest BCUT2D eigenvalue weighted by atomic mass is 9.94. The van der Waals surface area contributed by atoms with E-state index in [0.29, 0.717) is 12.3 Å². The van der Waals surface area contributed by atoms with Crippen molar-refractivity contribution in [1.29, 1.82) is 0 Å². The van der Waals surface area contributed by atoms with Crippen LogP contribution >= 0.6 is 11.3 Å². The minimum atomic E-state index is -0.122. The first-order valence-electron chi connectivity index (χ1n) is 10.0. The zero-order valence-electron chi connectivity index (χ0n) is 16.8. The Balaban J connectivity index is 1.27. The number of hydrogen-bond acceptors (Lipinski definition) is 4. The smallest absolute Gasteiger partial charge is 0.315 e. The summed E-state index contributed by atoms with van der Waals surface area (Å²) in [5.41, 5.74) is 2.40. The lowest BCUT2D eigenvalue weighted by Gasteiger charge is -2.34. The van der Waals surface area contributed by atoms with Crippen LogP contribution in [0.2, 0.25) is 0 Å². The molecule has 29 heavy (non-hydrogen) atoms. The number of aromatic hydroxyl groups is 1. The van der Waals surface area contributed by atoms with E-state index in [1.807, 2.05) is 19.1 Å². The first-order valence-corrected chi connectivity index (χ1v) is 10.8. The Bertz CT molecular complexity index is 983. The molecule has 0 aliphatic carbocycles. The van der Waals surface area contributed by atoms with Crippen molar-refractivity contribution >= 4 is 27.5 Å². The van der Waals surface area contributed by atoms with E-state index in [1.54, 1.807) is 17.4 Å². The van der Waals surface area contributed by atoms with E-state index in [9.17, 15) is 9.90 Å². The highest BCUT2D eigenvalue weighted by molar-refractivity contribution is 7.19. The van der Waals surface area contributed by atoms with Gasteiger partial charge in [-0.25, -0.2) is 4.79 Å². The molecule has 3 N–H and O–H groups in total. The Hall–Kier alpha value is -2.57. The highest BCUT2D eigenvalue weighted by Crippen LogP contribution is 2.26. The monoisotopic (exact) mass is 409 g/mol. The molecule has 2 aromatic carbocycles. The molecule has 1 aliphatic rings. The number of phenols is 1. The first-order chi connectivity index (χ1) is 14.0. The summed E-state index contributed by atoms with van der Waals surface area (Å²) in [4.78, 5) is 15.9. The summed E-state index contributed by atoms with van der Waals surface area (Å²) in [6.07, 6.45) is 1.69. The molecule has 0 saturated heterocycles. The van der Waals surface area contributed by atoms with Crippen LogP contribution in [-0.4, -0.2) is 41.7 Å². The van der Waals surface area contributed by atoms with Crippen molar-refractivity contribution in [3.05, 3.63) is 64.5 Å². The molecule has 0 unspecified atom stereocenters. The van der Waals surface area contributed by atoms with Crippen molar-refractivity contribution in [3.8, 4) is 5.75 Å². The molecule has 0 radical (unpaired) electrons. The molecule has 2 amide bonds. The second-order valence-corrected chi connectivity index (χ2v) is 9.10. The van der Waals surface area contributed by atoms with Gasteiger partial charge in [0.15, 0.2) is 0 Å². The Morgan fingerprint density at radius 1 is 1.24 bits per heavy atom. The SMILES string of the molecule is C[C@@H](Cc1cc2ccccc2s1)NC(=O)NC[C@@H]1Cc2ccc(O)cc2CN1C. The number of nitrogens with one attached hydrogen (secondary N) is 2. The molecule has 2 atom stereocenters. The quantitative estimate of drug-likeness (QED) is 0.599. The number of benzene rings is 2. The number of likely N-dealkylation sites (N-methyl/N-ethyl adjacent to an activating group) is 1. The van der Waals surface area contributed by atoms with Crippen LogP contribution in [0.3, 0.4) is 0 Å². The van der Waals surface area contributed by atoms with Gasteiger partial charge in [0.1, 0.15) is 5.75 Å². The normalized spacial score (nSPS) is 17.7. The molecule has 0 spiro atoms. The zero-order chi connectivity index (χ0) is 20.4. The van der Waals surface area contributed by atoms with Gasteiger partial charge in [-0.2, -0.15) is 0 Å². The lowest BCUT2D eigenvalue weighted by molar-refractivity contribution is 0.202. The predicted molar refractivity (Wildman–Crippen MR) is 119 cm³/mol. The van der Waals surface area contributed by atoms with Crippen molar-refractivity contribution in [1.82, 2.24) is 15.5 Å². The maximum Gasteiger partial charge on any atom is 0.315 e. The topological polar surface area (TPSA) is 64.6 Å². The third kappa shape index (κ3) is 4.71. The number of amides is 2. The van der Waals surface area contributed by atoms with Gasteiger partial charge in [-0.15, -0.1) is 11.3 Å².